The molecular formula is C13H16N2. The number of piperidine rings is 1. The molecule has 3 rings (SSSR count). The topological polar surface area (TPSA) is 27.8 Å². The third-order valence-corrected chi connectivity index (χ3v) is 3.24. The van der Waals surface area contributed by atoms with E-state index in [2.05, 4.69) is 40.6 Å². The molecule has 1 atom stereocenters. The lowest BCUT2D eigenvalue weighted by Gasteiger charge is -2.22. The van der Waals surface area contributed by atoms with E-state index in [0.717, 1.165) is 6.54 Å². The average Bonchev–Trinajstić information content (AvgIpc) is 2.74. The lowest BCUT2D eigenvalue weighted by Crippen LogP contribution is -2.26. The molecule has 1 aliphatic rings. The number of hydrogen-bond acceptors (Lipinski definition) is 1. The minimum Gasteiger partial charge on any atom is -0.357 e. The molecule has 15 heavy (non-hydrogen) atoms. The molecule has 1 fully saturated rings. The van der Waals surface area contributed by atoms with Gasteiger partial charge in [0.25, 0.3) is 0 Å². The second-order valence-corrected chi connectivity index (χ2v) is 4.31. The van der Waals surface area contributed by atoms with Gasteiger partial charge >= 0.3 is 0 Å². The van der Waals surface area contributed by atoms with Crippen LogP contribution in [0.25, 0.3) is 10.9 Å². The highest BCUT2D eigenvalue weighted by Crippen LogP contribution is 2.25. The minimum atomic E-state index is 0.533. The van der Waals surface area contributed by atoms with Crippen molar-refractivity contribution in [3.05, 3.63) is 36.0 Å². The van der Waals surface area contributed by atoms with Gasteiger partial charge in [-0.1, -0.05) is 24.6 Å². The summed E-state index contributed by atoms with van der Waals surface area (Å²) in [6, 6.07) is 11.3. The van der Waals surface area contributed by atoms with Gasteiger partial charge in [-0.3, -0.25) is 0 Å². The van der Waals surface area contributed by atoms with Gasteiger partial charge in [-0.25, -0.2) is 0 Å². The van der Waals surface area contributed by atoms with Crippen molar-refractivity contribution < 1.29 is 0 Å². The van der Waals surface area contributed by atoms with E-state index in [1.165, 1.54) is 35.9 Å². The van der Waals surface area contributed by atoms with E-state index in [1.807, 2.05) is 0 Å². The quantitative estimate of drug-likeness (QED) is 0.727. The highest BCUT2D eigenvalue weighted by Gasteiger charge is 2.16. The number of aromatic amines is 1. The Morgan fingerprint density at radius 3 is 2.87 bits per heavy atom. The normalized spacial score (nSPS) is 22.0. The number of nitrogens with one attached hydrogen (secondary N) is 2. The van der Waals surface area contributed by atoms with Gasteiger partial charge in [-0.15, -0.1) is 0 Å². The molecule has 2 heterocycles. The first-order valence-corrected chi connectivity index (χ1v) is 5.74. The summed E-state index contributed by atoms with van der Waals surface area (Å²) in [5, 5.41) is 4.88. The molecule has 0 spiro atoms. The maximum absolute atomic E-state index is 3.57. The fourth-order valence-electron chi connectivity index (χ4n) is 2.40. The maximum Gasteiger partial charge on any atom is 0.0473 e. The van der Waals surface area contributed by atoms with Gasteiger partial charge in [-0.05, 0) is 36.9 Å². The molecule has 0 saturated carbocycles. The molecule has 1 unspecified atom stereocenters. The zero-order valence-electron chi connectivity index (χ0n) is 8.79. The maximum atomic E-state index is 3.57. The van der Waals surface area contributed by atoms with Crippen LogP contribution in [0.2, 0.25) is 0 Å². The summed E-state index contributed by atoms with van der Waals surface area (Å²) in [6.07, 6.45) is 3.91. The van der Waals surface area contributed by atoms with Crippen LogP contribution in [0.3, 0.4) is 0 Å². The Bertz CT molecular complexity index is 419. The Balaban J connectivity index is 1.96. The zero-order valence-corrected chi connectivity index (χ0v) is 8.79. The van der Waals surface area contributed by atoms with E-state index in [-0.39, 0.29) is 0 Å². The molecule has 2 heteroatoms. The SMILES string of the molecule is c1ccc2[nH]c(C3CCCCN3)cc2c1. The van der Waals surface area contributed by atoms with Crippen molar-refractivity contribution >= 4 is 10.9 Å². The molecule has 2 N–H and O–H groups in total. The Labute approximate surface area is 89.7 Å². The smallest absolute Gasteiger partial charge is 0.0473 e. The van der Waals surface area contributed by atoms with Crippen LogP contribution in [0.1, 0.15) is 31.0 Å². The summed E-state index contributed by atoms with van der Waals surface area (Å²) in [5.74, 6) is 0. The molecule has 1 aromatic carbocycles. The van der Waals surface area contributed by atoms with Gasteiger partial charge in [0, 0.05) is 17.3 Å². The predicted octanol–water partition coefficient (Wildman–Crippen LogP) is 2.98. The van der Waals surface area contributed by atoms with Crippen molar-refractivity contribution in [3.63, 3.8) is 0 Å². The molecule has 78 valence electrons. The summed E-state index contributed by atoms with van der Waals surface area (Å²) in [7, 11) is 0. The third kappa shape index (κ3) is 1.65. The molecule has 0 amide bonds. The van der Waals surface area contributed by atoms with Crippen LogP contribution in [0.4, 0.5) is 0 Å². The summed E-state index contributed by atoms with van der Waals surface area (Å²) in [4.78, 5) is 3.50. The van der Waals surface area contributed by atoms with Crippen LogP contribution in [0.15, 0.2) is 30.3 Å². The second-order valence-electron chi connectivity index (χ2n) is 4.31. The molecule has 0 radical (unpaired) electrons. The highest BCUT2D eigenvalue weighted by atomic mass is 14.9. The fraction of sp³-hybridized carbons (Fsp3) is 0.385. The van der Waals surface area contributed by atoms with Crippen molar-refractivity contribution in [1.29, 1.82) is 0 Å². The molecule has 0 bridgehead atoms. The van der Waals surface area contributed by atoms with E-state index >= 15 is 0 Å². The first-order chi connectivity index (χ1) is 7.43. The second kappa shape index (κ2) is 3.70. The van der Waals surface area contributed by atoms with Crippen LogP contribution in [0.5, 0.6) is 0 Å². The molecule has 0 aliphatic carbocycles. The predicted molar refractivity (Wildman–Crippen MR) is 62.9 cm³/mol. The Morgan fingerprint density at radius 1 is 1.13 bits per heavy atom. The van der Waals surface area contributed by atoms with E-state index in [1.54, 1.807) is 0 Å². The summed E-state index contributed by atoms with van der Waals surface area (Å²) in [5.41, 5.74) is 2.59. The van der Waals surface area contributed by atoms with Crippen LogP contribution >= 0.6 is 0 Å². The zero-order chi connectivity index (χ0) is 10.1. The highest BCUT2D eigenvalue weighted by molar-refractivity contribution is 5.80. The van der Waals surface area contributed by atoms with Crippen LogP contribution in [0, 0.1) is 0 Å². The summed E-state index contributed by atoms with van der Waals surface area (Å²) >= 11 is 0. The molecule has 1 aliphatic heterocycles. The van der Waals surface area contributed by atoms with E-state index < -0.39 is 0 Å². The largest absolute Gasteiger partial charge is 0.357 e. The number of hydrogen-bond donors (Lipinski definition) is 2. The van der Waals surface area contributed by atoms with Crippen molar-refractivity contribution in [2.24, 2.45) is 0 Å². The monoisotopic (exact) mass is 200 g/mol. The molecular weight excluding hydrogens is 184 g/mol. The first kappa shape index (κ1) is 8.98. The first-order valence-electron chi connectivity index (χ1n) is 5.74. The summed E-state index contributed by atoms with van der Waals surface area (Å²) in [6.45, 7) is 1.15. The fourth-order valence-corrected chi connectivity index (χ4v) is 2.40. The van der Waals surface area contributed by atoms with Gasteiger partial charge in [0.05, 0.1) is 0 Å². The van der Waals surface area contributed by atoms with Crippen molar-refractivity contribution in [1.82, 2.24) is 10.3 Å². The molecule has 2 aromatic rings. The lowest BCUT2D eigenvalue weighted by atomic mass is 10.0. The van der Waals surface area contributed by atoms with Crippen LogP contribution in [-0.2, 0) is 0 Å². The summed E-state index contributed by atoms with van der Waals surface area (Å²) < 4.78 is 0. The van der Waals surface area contributed by atoms with Crippen LogP contribution < -0.4 is 5.32 Å². The molecule has 1 aromatic heterocycles. The number of fused-ring (bicyclic) bond motifs is 1. The van der Waals surface area contributed by atoms with Gasteiger partial charge in [0.2, 0.25) is 0 Å². The number of aromatic nitrogens is 1. The standard InChI is InChI=1S/C13H16N2/c1-2-6-11-10(5-1)9-13(15-11)12-7-3-4-8-14-12/h1-2,5-6,9,12,14-15H,3-4,7-8H2. The Morgan fingerprint density at radius 2 is 2.07 bits per heavy atom. The third-order valence-electron chi connectivity index (χ3n) is 3.24. The van der Waals surface area contributed by atoms with E-state index in [4.69, 9.17) is 0 Å². The average molecular weight is 200 g/mol. The van der Waals surface area contributed by atoms with Gasteiger partial charge in [0.1, 0.15) is 0 Å². The Hall–Kier alpha value is -1.28. The van der Waals surface area contributed by atoms with Gasteiger partial charge < -0.3 is 10.3 Å². The molecule has 2 nitrogen and oxygen atoms in total. The Kier molecular flexibility index (Phi) is 2.22. The van der Waals surface area contributed by atoms with Crippen molar-refractivity contribution in [2.75, 3.05) is 6.54 Å². The number of rotatable bonds is 1. The van der Waals surface area contributed by atoms with Gasteiger partial charge in [0.15, 0.2) is 0 Å². The van der Waals surface area contributed by atoms with E-state index in [9.17, 15) is 0 Å². The lowest BCUT2D eigenvalue weighted by molar-refractivity contribution is 0.407. The number of H-pyrrole nitrogens is 1. The van der Waals surface area contributed by atoms with Crippen molar-refractivity contribution in [2.45, 2.75) is 25.3 Å². The van der Waals surface area contributed by atoms with Crippen LogP contribution in [-0.4, -0.2) is 11.5 Å². The van der Waals surface area contributed by atoms with Crippen molar-refractivity contribution in [3.8, 4) is 0 Å². The number of benzene rings is 1. The number of para-hydroxylation sites is 1. The minimum absolute atomic E-state index is 0.533. The van der Waals surface area contributed by atoms with E-state index in [0.29, 0.717) is 6.04 Å². The molecule has 1 saturated heterocycles. The van der Waals surface area contributed by atoms with Gasteiger partial charge in [-0.2, -0.15) is 0 Å².